The first kappa shape index (κ1) is 21.5. The normalized spacial score (nSPS) is 8.08. The number of hydrogen-bond acceptors (Lipinski definition) is 9. The van der Waals surface area contributed by atoms with Crippen molar-refractivity contribution in [1.29, 1.82) is 0 Å². The highest BCUT2D eigenvalue weighted by atomic mass is 16.5. The highest BCUT2D eigenvalue weighted by molar-refractivity contribution is 4.56. The van der Waals surface area contributed by atoms with E-state index >= 15 is 0 Å². The largest absolute Gasteiger partial charge is 0.382 e. The van der Waals surface area contributed by atoms with Gasteiger partial charge in [-0.15, -0.1) is 20.4 Å². The van der Waals surface area contributed by atoms with Gasteiger partial charge in [0, 0.05) is 38.0 Å². The molecule has 0 unspecified atom stereocenters. The molecule has 0 saturated carbocycles. The molecule has 13 nitrogen and oxygen atoms in total. The number of hydrogen-bond donors (Lipinski definition) is 4. The van der Waals surface area contributed by atoms with Gasteiger partial charge < -0.3 is 4.74 Å². The Balaban J connectivity index is 0.000000288. The zero-order valence-corrected chi connectivity index (χ0v) is 14.0. The van der Waals surface area contributed by atoms with Gasteiger partial charge in [0.25, 0.3) is 0 Å². The Kier molecular flexibility index (Phi) is 17.7. The summed E-state index contributed by atoms with van der Waals surface area (Å²) in [6, 6.07) is 0. The lowest BCUT2D eigenvalue weighted by molar-refractivity contribution is 0.162. The fourth-order valence-corrected chi connectivity index (χ4v) is 0.871. The molecule has 4 heterocycles. The van der Waals surface area contributed by atoms with Crippen molar-refractivity contribution in [2.24, 2.45) is 0 Å². The van der Waals surface area contributed by atoms with Crippen molar-refractivity contribution in [3.05, 3.63) is 49.6 Å². The second kappa shape index (κ2) is 20.5. The summed E-state index contributed by atoms with van der Waals surface area (Å²) in [5, 5.41) is 37.1. The maximum absolute atomic E-state index is 4.83. The van der Waals surface area contributed by atoms with Crippen molar-refractivity contribution in [3.8, 4) is 0 Å². The van der Waals surface area contributed by atoms with Gasteiger partial charge in [0.2, 0.25) is 0 Å². The van der Waals surface area contributed by atoms with Crippen molar-refractivity contribution >= 4 is 0 Å². The first-order chi connectivity index (χ1) is 12.4. The van der Waals surface area contributed by atoms with E-state index in [4.69, 9.17) is 4.74 Å². The average Bonchev–Trinajstić information content (AvgIpc) is 3.51. The second-order valence-electron chi connectivity index (χ2n) is 3.42. The topological polar surface area (TPSA) is 176 Å². The molecule has 0 radical (unpaired) electrons. The molecule has 0 amide bonds. The van der Waals surface area contributed by atoms with E-state index in [2.05, 4.69) is 61.6 Å². The summed E-state index contributed by atoms with van der Waals surface area (Å²) in [4.78, 5) is 0. The van der Waals surface area contributed by atoms with Gasteiger partial charge in [0.05, 0.1) is 24.8 Å². The minimum Gasteiger partial charge on any atom is -0.382 e. The minimum absolute atomic E-state index is 0.844. The van der Waals surface area contributed by atoms with Crippen LogP contribution in [0.3, 0.4) is 0 Å². The van der Waals surface area contributed by atoms with Gasteiger partial charge in [-0.1, -0.05) is 20.9 Å². The van der Waals surface area contributed by atoms with E-state index < -0.39 is 0 Å². The van der Waals surface area contributed by atoms with Crippen LogP contribution in [0.15, 0.2) is 49.6 Å². The van der Waals surface area contributed by atoms with Crippen molar-refractivity contribution in [2.75, 3.05) is 13.2 Å². The van der Waals surface area contributed by atoms with E-state index in [0.29, 0.717) is 0 Å². The van der Waals surface area contributed by atoms with Crippen LogP contribution in [0.5, 0.6) is 0 Å². The van der Waals surface area contributed by atoms with E-state index in [-0.39, 0.29) is 0 Å². The first-order valence-electron chi connectivity index (χ1n) is 7.21. The van der Waals surface area contributed by atoms with E-state index in [1.54, 1.807) is 49.6 Å². The number of aromatic amines is 4. The summed E-state index contributed by atoms with van der Waals surface area (Å²) in [6.07, 6.45) is 12.9. The lowest BCUT2D eigenvalue weighted by Gasteiger charge is -1.86. The highest BCUT2D eigenvalue weighted by Crippen LogP contribution is 1.64. The zero-order valence-electron chi connectivity index (χ0n) is 14.0. The van der Waals surface area contributed by atoms with Gasteiger partial charge in [-0.2, -0.15) is 0 Å². The average molecular weight is 350 g/mol. The molecule has 0 aliphatic rings. The van der Waals surface area contributed by atoms with Gasteiger partial charge in [0.1, 0.15) is 0 Å². The highest BCUT2D eigenvalue weighted by Gasteiger charge is 1.64. The third-order valence-electron chi connectivity index (χ3n) is 1.73. The smallest absolute Gasteiger partial charge is 0.0690 e. The van der Waals surface area contributed by atoms with Crippen molar-refractivity contribution in [2.45, 2.75) is 13.8 Å². The summed E-state index contributed by atoms with van der Waals surface area (Å²) < 4.78 is 4.83. The number of rotatable bonds is 2. The lowest BCUT2D eigenvalue weighted by atomic mass is 10.8. The molecule has 4 rings (SSSR count). The van der Waals surface area contributed by atoms with Gasteiger partial charge in [0.15, 0.2) is 0 Å². The fraction of sp³-hybridized carbons (Fsp3) is 0.333. The summed E-state index contributed by atoms with van der Waals surface area (Å²) in [5.74, 6) is 0. The summed E-state index contributed by atoms with van der Waals surface area (Å²) in [7, 11) is 0. The van der Waals surface area contributed by atoms with Crippen LogP contribution in [0.25, 0.3) is 0 Å². The lowest BCUT2D eigenvalue weighted by Crippen LogP contribution is -1.84. The Morgan fingerprint density at radius 3 is 0.880 bits per heavy atom. The number of aromatic nitrogens is 12. The van der Waals surface area contributed by atoms with E-state index in [0.717, 1.165) is 13.2 Å². The van der Waals surface area contributed by atoms with Crippen LogP contribution in [0, 0.1) is 0 Å². The van der Waals surface area contributed by atoms with Crippen LogP contribution >= 0.6 is 0 Å². The van der Waals surface area contributed by atoms with Crippen LogP contribution in [-0.4, -0.2) is 74.9 Å². The Labute approximate surface area is 144 Å². The number of H-pyrrole nitrogens is 4. The predicted octanol–water partition coefficient (Wildman–Crippen LogP) is 0.262. The molecule has 25 heavy (non-hydrogen) atoms. The second-order valence-corrected chi connectivity index (χ2v) is 3.42. The summed E-state index contributed by atoms with van der Waals surface area (Å²) in [5.41, 5.74) is 0. The molecule has 0 aliphatic heterocycles. The molecular formula is C12H22N12O. The molecule has 0 bridgehead atoms. The molecule has 0 fully saturated rings. The van der Waals surface area contributed by atoms with Gasteiger partial charge in [-0.05, 0) is 13.8 Å². The van der Waals surface area contributed by atoms with Gasteiger partial charge in [-0.3, -0.25) is 20.4 Å². The van der Waals surface area contributed by atoms with Crippen LogP contribution in [-0.2, 0) is 4.74 Å². The van der Waals surface area contributed by atoms with E-state index in [1.165, 1.54) is 0 Å². The maximum Gasteiger partial charge on any atom is 0.0690 e. The maximum atomic E-state index is 4.83. The molecule has 0 aromatic carbocycles. The van der Waals surface area contributed by atoms with Crippen molar-refractivity contribution < 1.29 is 4.74 Å². The quantitative estimate of drug-likeness (QED) is 0.395. The van der Waals surface area contributed by atoms with Crippen molar-refractivity contribution in [1.82, 2.24) is 61.6 Å². The Bertz CT molecular complexity index is 402. The molecule has 4 aromatic rings. The monoisotopic (exact) mass is 350 g/mol. The van der Waals surface area contributed by atoms with Crippen LogP contribution in [0.2, 0.25) is 0 Å². The van der Waals surface area contributed by atoms with Gasteiger partial charge in [-0.25, -0.2) is 0 Å². The van der Waals surface area contributed by atoms with Crippen molar-refractivity contribution in [3.63, 3.8) is 0 Å². The third-order valence-corrected chi connectivity index (χ3v) is 1.73. The predicted molar refractivity (Wildman–Crippen MR) is 87.7 cm³/mol. The Morgan fingerprint density at radius 1 is 0.560 bits per heavy atom. The number of nitrogens with zero attached hydrogens (tertiary/aromatic N) is 8. The SMILES string of the molecule is CCOCC.c1c[nH]nn1.c1c[nH]nn1.c1c[nH]nn1.c1c[nH]nn1. The molecule has 0 atom stereocenters. The summed E-state index contributed by atoms with van der Waals surface area (Å²) >= 11 is 0. The van der Waals surface area contributed by atoms with E-state index in [9.17, 15) is 0 Å². The molecule has 0 spiro atoms. The molecular weight excluding hydrogens is 328 g/mol. The van der Waals surface area contributed by atoms with Crippen LogP contribution < -0.4 is 0 Å². The fourth-order valence-electron chi connectivity index (χ4n) is 0.871. The molecule has 0 saturated heterocycles. The standard InChI is InChI=1S/C4H10O.4C2H3N3/c1-3-5-4-2;4*1-2-4-5-3-1/h3-4H2,1-2H3;4*1-2H,(H,3,4,5). The molecule has 4 N–H and O–H groups in total. The molecule has 0 aliphatic carbocycles. The van der Waals surface area contributed by atoms with Crippen LogP contribution in [0.4, 0.5) is 0 Å². The third kappa shape index (κ3) is 20.5. The minimum atomic E-state index is 0.844. The van der Waals surface area contributed by atoms with Gasteiger partial charge >= 0.3 is 0 Å². The number of ether oxygens (including phenoxy) is 1. The zero-order chi connectivity index (χ0) is 18.3. The van der Waals surface area contributed by atoms with E-state index in [1.807, 2.05) is 13.8 Å². The first-order valence-corrected chi connectivity index (χ1v) is 7.21. The molecule has 4 aromatic heterocycles. The molecule has 13 heteroatoms. The Hall–Kier alpha value is -3.48. The van der Waals surface area contributed by atoms with Crippen LogP contribution in [0.1, 0.15) is 13.8 Å². The number of nitrogens with one attached hydrogen (secondary N) is 4. The Morgan fingerprint density at radius 2 is 0.840 bits per heavy atom. The molecule has 136 valence electrons. The summed E-state index contributed by atoms with van der Waals surface area (Å²) in [6.45, 7) is 5.67.